The van der Waals surface area contributed by atoms with Crippen LogP contribution in [0.15, 0.2) is 6.08 Å². The second-order valence-corrected chi connectivity index (χ2v) is 7.85. The Morgan fingerprint density at radius 2 is 2.00 bits per heavy atom. The van der Waals surface area contributed by atoms with Crippen LogP contribution in [-0.2, 0) is 11.3 Å². The number of amides is 1. The molecule has 1 N–H and O–H groups in total. The predicted molar refractivity (Wildman–Crippen MR) is 107 cm³/mol. The molecule has 1 aliphatic heterocycles. The fraction of sp³-hybridized carbons (Fsp3) is 0.684. The van der Waals surface area contributed by atoms with Gasteiger partial charge in [-0.1, -0.05) is 25.4 Å². The molecule has 0 atom stereocenters. The van der Waals surface area contributed by atoms with Gasteiger partial charge in [-0.2, -0.15) is 5.10 Å². The van der Waals surface area contributed by atoms with E-state index in [2.05, 4.69) is 41.1 Å². The number of piperazine rings is 1. The van der Waals surface area contributed by atoms with Gasteiger partial charge in [0.05, 0.1) is 5.69 Å². The minimum Gasteiger partial charge on any atom is -0.353 e. The van der Waals surface area contributed by atoms with Gasteiger partial charge in [0.15, 0.2) is 0 Å². The summed E-state index contributed by atoms with van der Waals surface area (Å²) in [6, 6.07) is 0. The van der Waals surface area contributed by atoms with Crippen molar-refractivity contribution in [3.63, 3.8) is 0 Å². The highest BCUT2D eigenvalue weighted by Gasteiger charge is 2.13. The third-order valence-corrected chi connectivity index (χ3v) is 4.99. The maximum Gasteiger partial charge on any atom is 0.244 e. The van der Waals surface area contributed by atoms with Crippen molar-refractivity contribution in [3.8, 4) is 0 Å². The predicted octanol–water partition coefficient (Wildman–Crippen LogP) is 2.27. The highest BCUT2D eigenvalue weighted by atomic mass is 35.5. The molecule has 146 valence electrons. The zero-order chi connectivity index (χ0) is 19.1. The summed E-state index contributed by atoms with van der Waals surface area (Å²) >= 11 is 6.39. The zero-order valence-electron chi connectivity index (χ0n) is 16.5. The van der Waals surface area contributed by atoms with Crippen molar-refractivity contribution in [3.05, 3.63) is 22.5 Å². The molecule has 7 heteroatoms. The van der Waals surface area contributed by atoms with E-state index < -0.39 is 0 Å². The summed E-state index contributed by atoms with van der Waals surface area (Å²) in [5.41, 5.74) is 1.66. The van der Waals surface area contributed by atoms with Crippen LogP contribution in [0, 0.1) is 12.8 Å². The minimum atomic E-state index is -0.0875. The van der Waals surface area contributed by atoms with E-state index in [0.29, 0.717) is 17.6 Å². The lowest BCUT2D eigenvalue weighted by Gasteiger charge is -2.32. The molecule has 26 heavy (non-hydrogen) atoms. The number of carbonyl (C=O) groups is 1. The largest absolute Gasteiger partial charge is 0.353 e. The minimum absolute atomic E-state index is 0.0875. The highest BCUT2D eigenvalue weighted by molar-refractivity contribution is 6.31. The van der Waals surface area contributed by atoms with Gasteiger partial charge >= 0.3 is 0 Å². The number of likely N-dealkylation sites (N-methyl/N-ethyl adjacent to an activating group) is 1. The number of nitrogens with zero attached hydrogens (tertiary/aromatic N) is 4. The normalized spacial score (nSPS) is 16.7. The molecule has 1 aromatic heterocycles. The molecular weight excluding hydrogens is 350 g/mol. The summed E-state index contributed by atoms with van der Waals surface area (Å²) in [5, 5.41) is 7.99. The monoisotopic (exact) mass is 381 g/mol. The Labute approximate surface area is 162 Å². The number of halogens is 1. The number of hydrogen-bond acceptors (Lipinski definition) is 4. The molecule has 0 aliphatic carbocycles. The lowest BCUT2D eigenvalue weighted by Crippen LogP contribution is -2.45. The van der Waals surface area contributed by atoms with Crippen LogP contribution in [0.3, 0.4) is 0 Å². The third kappa shape index (κ3) is 6.41. The number of aromatic nitrogens is 2. The summed E-state index contributed by atoms with van der Waals surface area (Å²) in [6.45, 7) is 13.1. The van der Waals surface area contributed by atoms with Gasteiger partial charge in [-0.05, 0) is 38.9 Å². The quantitative estimate of drug-likeness (QED) is 0.554. The van der Waals surface area contributed by atoms with Crippen molar-refractivity contribution in [1.29, 1.82) is 0 Å². The molecule has 0 radical (unpaired) electrons. The summed E-state index contributed by atoms with van der Waals surface area (Å²) in [5.74, 6) is 0.377. The number of nitrogens with one attached hydrogen (secondary N) is 1. The first-order valence-corrected chi connectivity index (χ1v) is 9.84. The molecule has 2 rings (SSSR count). The van der Waals surface area contributed by atoms with Gasteiger partial charge in [0.1, 0.15) is 5.15 Å². The van der Waals surface area contributed by atoms with Crippen LogP contribution in [0.25, 0.3) is 6.08 Å². The van der Waals surface area contributed by atoms with Gasteiger partial charge in [-0.15, -0.1) is 0 Å². The Kier molecular flexibility index (Phi) is 8.13. The van der Waals surface area contributed by atoms with Gasteiger partial charge < -0.3 is 15.1 Å². The highest BCUT2D eigenvalue weighted by Crippen LogP contribution is 2.22. The second kappa shape index (κ2) is 10.1. The topological polar surface area (TPSA) is 53.4 Å². The summed E-state index contributed by atoms with van der Waals surface area (Å²) in [7, 11) is 2.16. The first kappa shape index (κ1) is 20.9. The molecule has 0 unspecified atom stereocenters. The molecule has 0 aromatic carbocycles. The molecule has 1 aromatic rings. The van der Waals surface area contributed by atoms with E-state index >= 15 is 0 Å². The van der Waals surface area contributed by atoms with Crippen molar-refractivity contribution < 1.29 is 4.79 Å². The zero-order valence-corrected chi connectivity index (χ0v) is 17.2. The number of rotatable bonds is 8. The Morgan fingerprint density at radius 3 is 2.65 bits per heavy atom. The van der Waals surface area contributed by atoms with Gasteiger partial charge in [-0.3, -0.25) is 9.48 Å². The van der Waals surface area contributed by atoms with Gasteiger partial charge in [0.25, 0.3) is 0 Å². The molecular formula is C19H32ClN5O. The lowest BCUT2D eigenvalue weighted by molar-refractivity contribution is -0.116. The molecule has 0 saturated carbocycles. The maximum atomic E-state index is 12.0. The molecule has 1 aliphatic rings. The molecule has 6 nitrogen and oxygen atoms in total. The molecule has 2 heterocycles. The lowest BCUT2D eigenvalue weighted by atomic mass is 10.2. The van der Waals surface area contributed by atoms with Crippen molar-refractivity contribution in [1.82, 2.24) is 24.9 Å². The van der Waals surface area contributed by atoms with Crippen LogP contribution >= 0.6 is 11.6 Å². The number of hydrogen-bond donors (Lipinski definition) is 1. The first-order valence-electron chi connectivity index (χ1n) is 9.46. The van der Waals surface area contributed by atoms with Crippen LogP contribution in [0.2, 0.25) is 5.15 Å². The molecule has 1 amide bonds. The van der Waals surface area contributed by atoms with E-state index in [9.17, 15) is 4.79 Å². The summed E-state index contributed by atoms with van der Waals surface area (Å²) in [6.07, 6.45) is 4.28. The van der Waals surface area contributed by atoms with E-state index in [4.69, 9.17) is 11.6 Å². The summed E-state index contributed by atoms with van der Waals surface area (Å²) < 4.78 is 1.80. The van der Waals surface area contributed by atoms with Crippen LogP contribution in [0.5, 0.6) is 0 Å². The van der Waals surface area contributed by atoms with E-state index in [1.807, 2.05) is 6.92 Å². The fourth-order valence-corrected chi connectivity index (χ4v) is 3.33. The van der Waals surface area contributed by atoms with E-state index in [-0.39, 0.29) is 5.91 Å². The Balaban J connectivity index is 1.74. The van der Waals surface area contributed by atoms with Crippen LogP contribution in [0.1, 0.15) is 31.5 Å². The molecule has 1 saturated heterocycles. The first-order chi connectivity index (χ1) is 12.4. The molecule has 0 bridgehead atoms. The van der Waals surface area contributed by atoms with E-state index in [1.165, 1.54) is 0 Å². The Morgan fingerprint density at radius 1 is 1.31 bits per heavy atom. The number of carbonyl (C=O) groups excluding carboxylic acids is 1. The van der Waals surface area contributed by atoms with Crippen molar-refractivity contribution >= 4 is 23.6 Å². The molecule has 0 spiro atoms. The molecule has 1 fully saturated rings. The Bertz CT molecular complexity index is 618. The van der Waals surface area contributed by atoms with Crippen molar-refractivity contribution in [2.75, 3.05) is 46.3 Å². The second-order valence-electron chi connectivity index (χ2n) is 7.49. The average Bonchev–Trinajstić information content (AvgIpc) is 2.84. The van der Waals surface area contributed by atoms with Gasteiger partial charge in [-0.25, -0.2) is 0 Å². The van der Waals surface area contributed by atoms with Crippen LogP contribution in [-0.4, -0.2) is 71.8 Å². The van der Waals surface area contributed by atoms with E-state index in [1.54, 1.807) is 16.8 Å². The smallest absolute Gasteiger partial charge is 0.244 e. The van der Waals surface area contributed by atoms with Crippen molar-refractivity contribution in [2.45, 2.75) is 33.7 Å². The van der Waals surface area contributed by atoms with Crippen LogP contribution in [0.4, 0.5) is 0 Å². The fourth-order valence-electron chi connectivity index (χ4n) is 3.03. The summed E-state index contributed by atoms with van der Waals surface area (Å²) in [4.78, 5) is 16.8. The van der Waals surface area contributed by atoms with E-state index in [0.717, 1.165) is 56.9 Å². The van der Waals surface area contributed by atoms with Gasteiger partial charge in [0.2, 0.25) is 5.91 Å². The van der Waals surface area contributed by atoms with Crippen LogP contribution < -0.4 is 5.32 Å². The SMILES string of the molecule is Cc1nn(CC(C)C)c(Cl)c1/C=C/C(=O)NCCCN1CCN(C)CC1. The Hall–Kier alpha value is -1.37. The van der Waals surface area contributed by atoms with Crippen molar-refractivity contribution in [2.24, 2.45) is 5.92 Å². The number of aryl methyl sites for hydroxylation is 1. The third-order valence-electron chi connectivity index (χ3n) is 4.60. The standard InChI is InChI=1S/C19H32ClN5O/c1-15(2)14-25-19(20)17(16(3)22-25)6-7-18(26)21-8-5-9-24-12-10-23(4)11-13-24/h6-7,15H,5,8-14H2,1-4H3,(H,21,26)/b7-6+. The van der Waals surface area contributed by atoms with Gasteiger partial charge in [0, 0.05) is 50.9 Å². The maximum absolute atomic E-state index is 12.0. The average molecular weight is 382 g/mol.